The number of benzene rings is 1. The predicted octanol–water partition coefficient (Wildman–Crippen LogP) is 3.21. The molecule has 23 heavy (non-hydrogen) atoms. The van der Waals surface area contributed by atoms with Gasteiger partial charge < -0.3 is 10.1 Å². The fraction of sp³-hybridized carbons (Fsp3) is 0.353. The van der Waals surface area contributed by atoms with E-state index in [9.17, 15) is 9.59 Å². The van der Waals surface area contributed by atoms with Gasteiger partial charge in [-0.2, -0.15) is 0 Å². The van der Waals surface area contributed by atoms with Crippen LogP contribution in [0, 0.1) is 5.92 Å². The summed E-state index contributed by atoms with van der Waals surface area (Å²) in [4.78, 5) is 28.2. The molecular formula is C17H19ClN2O3. The zero-order chi connectivity index (χ0) is 17.0. The molecule has 0 saturated heterocycles. The van der Waals surface area contributed by atoms with Gasteiger partial charge in [-0.1, -0.05) is 43.6 Å². The van der Waals surface area contributed by atoms with Gasteiger partial charge in [0.25, 0.3) is 5.91 Å². The van der Waals surface area contributed by atoms with E-state index in [4.69, 9.17) is 16.3 Å². The van der Waals surface area contributed by atoms with Crippen LogP contribution in [0.4, 0.5) is 0 Å². The number of ether oxygens (including phenoxy) is 1. The third kappa shape index (κ3) is 4.42. The molecule has 2 aromatic rings. The van der Waals surface area contributed by atoms with Gasteiger partial charge in [-0.15, -0.1) is 0 Å². The fourth-order valence-corrected chi connectivity index (χ4v) is 2.18. The Morgan fingerprint density at radius 3 is 2.65 bits per heavy atom. The highest BCUT2D eigenvalue weighted by Gasteiger charge is 2.16. The number of pyridine rings is 1. The summed E-state index contributed by atoms with van der Waals surface area (Å²) in [6.07, 6.45) is 0. The predicted molar refractivity (Wildman–Crippen MR) is 89.5 cm³/mol. The van der Waals surface area contributed by atoms with Gasteiger partial charge in [0.1, 0.15) is 5.15 Å². The van der Waals surface area contributed by atoms with E-state index in [0.717, 1.165) is 0 Å². The number of para-hydroxylation sites is 1. The number of esters is 1. The summed E-state index contributed by atoms with van der Waals surface area (Å²) >= 11 is 5.94. The van der Waals surface area contributed by atoms with Crippen molar-refractivity contribution in [2.45, 2.75) is 26.8 Å². The minimum absolute atomic E-state index is 0.0115. The van der Waals surface area contributed by atoms with Gasteiger partial charge in [0.15, 0.2) is 6.61 Å². The van der Waals surface area contributed by atoms with Crippen LogP contribution in [0.2, 0.25) is 5.15 Å². The largest absolute Gasteiger partial charge is 0.452 e. The highest BCUT2D eigenvalue weighted by Crippen LogP contribution is 2.21. The van der Waals surface area contributed by atoms with E-state index in [1.807, 2.05) is 26.8 Å². The maximum atomic E-state index is 12.2. The second-order valence-electron chi connectivity index (χ2n) is 5.69. The molecule has 1 aromatic carbocycles. The summed E-state index contributed by atoms with van der Waals surface area (Å²) in [5, 5.41) is 3.62. The first-order valence-electron chi connectivity index (χ1n) is 7.40. The summed E-state index contributed by atoms with van der Waals surface area (Å²) in [5.74, 6) is -0.626. The Kier molecular flexibility index (Phi) is 5.55. The lowest BCUT2D eigenvalue weighted by Gasteiger charge is -2.17. The van der Waals surface area contributed by atoms with Crippen molar-refractivity contribution in [3.8, 4) is 0 Å². The van der Waals surface area contributed by atoms with E-state index in [2.05, 4.69) is 10.3 Å². The monoisotopic (exact) mass is 334 g/mol. The summed E-state index contributed by atoms with van der Waals surface area (Å²) in [7, 11) is 0. The van der Waals surface area contributed by atoms with Crippen molar-refractivity contribution in [1.29, 1.82) is 0 Å². The van der Waals surface area contributed by atoms with Crippen molar-refractivity contribution in [3.05, 3.63) is 41.0 Å². The number of aromatic nitrogens is 1. The summed E-state index contributed by atoms with van der Waals surface area (Å²) in [5.41, 5.74) is 0.898. The highest BCUT2D eigenvalue weighted by atomic mass is 35.5. The van der Waals surface area contributed by atoms with Crippen LogP contribution in [-0.2, 0) is 9.53 Å². The van der Waals surface area contributed by atoms with Gasteiger partial charge in [-0.25, -0.2) is 9.78 Å². The molecule has 1 N–H and O–H groups in total. The SMILES string of the molecule is CC(C)[C@H](C)NC(=O)COC(=O)c1cc(Cl)nc2ccccc12. The van der Waals surface area contributed by atoms with Crippen LogP contribution >= 0.6 is 11.6 Å². The fourth-order valence-electron chi connectivity index (χ4n) is 1.98. The van der Waals surface area contributed by atoms with Gasteiger partial charge >= 0.3 is 5.97 Å². The quantitative estimate of drug-likeness (QED) is 0.673. The average molecular weight is 335 g/mol. The van der Waals surface area contributed by atoms with Crippen LogP contribution in [0.25, 0.3) is 10.9 Å². The van der Waals surface area contributed by atoms with Crippen LogP contribution in [0.3, 0.4) is 0 Å². The summed E-state index contributed by atoms with van der Waals surface area (Å²) in [6.45, 7) is 5.58. The molecule has 1 heterocycles. The molecule has 0 fully saturated rings. The standard InChI is InChI=1S/C17H19ClN2O3/c1-10(2)11(3)19-16(21)9-23-17(22)13-8-15(18)20-14-7-5-4-6-12(13)14/h4-8,10-11H,9H2,1-3H3,(H,19,21)/t11-/m0/s1. The second-order valence-corrected chi connectivity index (χ2v) is 6.07. The molecule has 0 spiro atoms. The molecule has 0 saturated carbocycles. The minimum atomic E-state index is -0.599. The molecule has 0 bridgehead atoms. The molecule has 0 aliphatic heterocycles. The molecule has 0 unspecified atom stereocenters. The van der Waals surface area contributed by atoms with E-state index in [1.54, 1.807) is 18.2 Å². The Hall–Kier alpha value is -2.14. The van der Waals surface area contributed by atoms with Crippen LogP contribution in [-0.4, -0.2) is 29.5 Å². The van der Waals surface area contributed by atoms with Crippen molar-refractivity contribution in [2.75, 3.05) is 6.61 Å². The van der Waals surface area contributed by atoms with Crippen molar-refractivity contribution >= 4 is 34.4 Å². The molecule has 1 aromatic heterocycles. The topological polar surface area (TPSA) is 68.3 Å². The lowest BCUT2D eigenvalue weighted by molar-refractivity contribution is -0.125. The number of amides is 1. The zero-order valence-electron chi connectivity index (χ0n) is 13.3. The molecule has 2 rings (SSSR count). The highest BCUT2D eigenvalue weighted by molar-refractivity contribution is 6.30. The first-order valence-corrected chi connectivity index (χ1v) is 7.78. The van der Waals surface area contributed by atoms with Crippen molar-refractivity contribution in [1.82, 2.24) is 10.3 Å². The van der Waals surface area contributed by atoms with Gasteiger partial charge in [-0.3, -0.25) is 4.79 Å². The van der Waals surface area contributed by atoms with E-state index in [-0.39, 0.29) is 23.7 Å². The van der Waals surface area contributed by atoms with Crippen LogP contribution in [0.15, 0.2) is 30.3 Å². The lowest BCUT2D eigenvalue weighted by atomic mass is 10.1. The van der Waals surface area contributed by atoms with Crippen LogP contribution < -0.4 is 5.32 Å². The Morgan fingerprint density at radius 2 is 1.96 bits per heavy atom. The van der Waals surface area contributed by atoms with Gasteiger partial charge in [0.05, 0.1) is 11.1 Å². The van der Waals surface area contributed by atoms with E-state index < -0.39 is 5.97 Å². The van der Waals surface area contributed by atoms with Crippen molar-refractivity contribution < 1.29 is 14.3 Å². The number of hydrogen-bond acceptors (Lipinski definition) is 4. The van der Waals surface area contributed by atoms with E-state index in [1.165, 1.54) is 6.07 Å². The summed E-state index contributed by atoms with van der Waals surface area (Å²) < 4.78 is 5.10. The number of carbonyl (C=O) groups is 2. The van der Waals surface area contributed by atoms with E-state index in [0.29, 0.717) is 22.4 Å². The maximum Gasteiger partial charge on any atom is 0.339 e. The van der Waals surface area contributed by atoms with Gasteiger partial charge in [0.2, 0.25) is 0 Å². The number of fused-ring (bicyclic) bond motifs is 1. The molecule has 122 valence electrons. The Bertz CT molecular complexity index is 731. The number of hydrogen-bond donors (Lipinski definition) is 1. The first-order chi connectivity index (χ1) is 10.9. The third-order valence-electron chi connectivity index (χ3n) is 3.63. The minimum Gasteiger partial charge on any atom is -0.452 e. The van der Waals surface area contributed by atoms with Gasteiger partial charge in [0, 0.05) is 11.4 Å². The average Bonchev–Trinajstić information content (AvgIpc) is 2.51. The zero-order valence-corrected chi connectivity index (χ0v) is 14.1. The Labute approximate surface area is 140 Å². The number of nitrogens with one attached hydrogen (secondary N) is 1. The molecular weight excluding hydrogens is 316 g/mol. The molecule has 6 heteroatoms. The van der Waals surface area contributed by atoms with E-state index >= 15 is 0 Å². The number of halogens is 1. The van der Waals surface area contributed by atoms with Gasteiger partial charge in [-0.05, 0) is 25.0 Å². The third-order valence-corrected chi connectivity index (χ3v) is 3.82. The Morgan fingerprint density at radius 1 is 1.26 bits per heavy atom. The maximum absolute atomic E-state index is 12.2. The van der Waals surface area contributed by atoms with Crippen LogP contribution in [0.1, 0.15) is 31.1 Å². The smallest absolute Gasteiger partial charge is 0.339 e. The summed E-state index contributed by atoms with van der Waals surface area (Å²) in [6, 6.07) is 8.58. The molecule has 1 amide bonds. The van der Waals surface area contributed by atoms with Crippen molar-refractivity contribution in [3.63, 3.8) is 0 Å². The molecule has 5 nitrogen and oxygen atoms in total. The first kappa shape index (κ1) is 17.2. The van der Waals surface area contributed by atoms with Crippen molar-refractivity contribution in [2.24, 2.45) is 5.92 Å². The molecule has 0 aliphatic carbocycles. The number of carbonyl (C=O) groups excluding carboxylic acids is 2. The van der Waals surface area contributed by atoms with Crippen LogP contribution in [0.5, 0.6) is 0 Å². The molecule has 1 atom stereocenters. The lowest BCUT2D eigenvalue weighted by Crippen LogP contribution is -2.38. The second kappa shape index (κ2) is 7.42. The normalized spacial score (nSPS) is 12.2. The number of rotatable bonds is 5. The number of nitrogens with zero attached hydrogens (tertiary/aromatic N) is 1. The molecule has 0 radical (unpaired) electrons. The molecule has 0 aliphatic rings. The Balaban J connectivity index is 2.08.